The molecule has 0 saturated heterocycles. The lowest BCUT2D eigenvalue weighted by molar-refractivity contribution is 0.211. The molecule has 0 aliphatic heterocycles. The Kier molecular flexibility index (Phi) is 4.72. The van der Waals surface area contributed by atoms with E-state index in [1.807, 2.05) is 0 Å². The second kappa shape index (κ2) is 6.07. The Balaban J connectivity index is 3.11. The molecule has 0 radical (unpaired) electrons. The molecule has 0 aromatic heterocycles. The molecule has 1 aromatic rings. The molecule has 0 spiro atoms. The molecule has 16 heavy (non-hydrogen) atoms. The fourth-order valence-corrected chi connectivity index (χ4v) is 1.30. The van der Waals surface area contributed by atoms with Crippen molar-refractivity contribution in [2.24, 2.45) is 10.3 Å². The molecule has 0 saturated carbocycles. The second-order valence-corrected chi connectivity index (χ2v) is 3.11. The van der Waals surface area contributed by atoms with Gasteiger partial charge in [0.2, 0.25) is 0 Å². The van der Waals surface area contributed by atoms with Crippen LogP contribution in [-0.2, 0) is 9.68 Å². The second-order valence-electron chi connectivity index (χ2n) is 2.70. The van der Waals surface area contributed by atoms with E-state index in [4.69, 9.17) is 11.6 Å². The number of oxime groups is 2. The molecule has 0 N–H and O–H groups in total. The van der Waals surface area contributed by atoms with Gasteiger partial charge in [-0.05, 0) is 18.2 Å². The summed E-state index contributed by atoms with van der Waals surface area (Å²) in [6, 6.07) is 3.94. The van der Waals surface area contributed by atoms with E-state index in [-0.39, 0.29) is 5.02 Å². The first-order valence-electron chi connectivity index (χ1n) is 4.32. The van der Waals surface area contributed by atoms with E-state index in [0.717, 1.165) is 0 Å². The van der Waals surface area contributed by atoms with Crippen LogP contribution in [-0.4, -0.2) is 26.1 Å². The molecule has 6 heteroatoms. The van der Waals surface area contributed by atoms with E-state index in [1.165, 1.54) is 38.6 Å². The SMILES string of the molecule is CON=CC(=NOC)c1ccc(F)cc1Cl. The Morgan fingerprint density at radius 2 is 2.12 bits per heavy atom. The molecule has 0 unspecified atom stereocenters. The summed E-state index contributed by atoms with van der Waals surface area (Å²) in [6.45, 7) is 0. The molecule has 0 aliphatic rings. The highest BCUT2D eigenvalue weighted by Crippen LogP contribution is 2.17. The van der Waals surface area contributed by atoms with Gasteiger partial charge in [-0.2, -0.15) is 0 Å². The Hall–Kier alpha value is -1.62. The van der Waals surface area contributed by atoms with Crippen LogP contribution >= 0.6 is 11.6 Å². The van der Waals surface area contributed by atoms with Crippen LogP contribution in [0.1, 0.15) is 5.56 Å². The molecule has 0 fully saturated rings. The summed E-state index contributed by atoms with van der Waals surface area (Å²) in [6.07, 6.45) is 1.32. The minimum atomic E-state index is -0.422. The van der Waals surface area contributed by atoms with Crippen molar-refractivity contribution in [1.82, 2.24) is 0 Å². The summed E-state index contributed by atoms with van der Waals surface area (Å²) < 4.78 is 12.8. The standard InChI is InChI=1S/C10H10ClFN2O2/c1-15-13-6-10(14-16-2)8-4-3-7(12)5-9(8)11/h3-6H,1-2H3. The molecule has 0 aliphatic carbocycles. The lowest BCUT2D eigenvalue weighted by Crippen LogP contribution is -2.05. The zero-order chi connectivity index (χ0) is 12.0. The first kappa shape index (κ1) is 12.4. The Morgan fingerprint density at radius 3 is 2.69 bits per heavy atom. The summed E-state index contributed by atoms with van der Waals surface area (Å²) in [5, 5.41) is 7.47. The van der Waals surface area contributed by atoms with Gasteiger partial charge in [0.25, 0.3) is 0 Å². The summed E-state index contributed by atoms with van der Waals surface area (Å²) in [4.78, 5) is 9.15. The minimum Gasteiger partial charge on any atom is -0.399 e. The fourth-order valence-electron chi connectivity index (χ4n) is 1.04. The third-order valence-corrected chi connectivity index (χ3v) is 1.99. The average Bonchev–Trinajstić information content (AvgIpc) is 2.25. The van der Waals surface area contributed by atoms with Gasteiger partial charge in [0.1, 0.15) is 25.7 Å². The van der Waals surface area contributed by atoms with Crippen molar-refractivity contribution in [1.29, 1.82) is 0 Å². The highest BCUT2D eigenvalue weighted by atomic mass is 35.5. The number of rotatable bonds is 4. The van der Waals surface area contributed by atoms with Crippen LogP contribution in [0.4, 0.5) is 4.39 Å². The molecule has 0 atom stereocenters. The maximum atomic E-state index is 12.8. The molecule has 0 heterocycles. The predicted octanol–water partition coefficient (Wildman–Crippen LogP) is 2.46. The van der Waals surface area contributed by atoms with Crippen molar-refractivity contribution < 1.29 is 14.1 Å². The highest BCUT2D eigenvalue weighted by Gasteiger charge is 2.08. The number of halogens is 2. The molecule has 0 amide bonds. The van der Waals surface area contributed by atoms with Crippen LogP contribution in [0.3, 0.4) is 0 Å². The summed E-state index contributed by atoms with van der Waals surface area (Å²) in [5.74, 6) is -0.422. The maximum Gasteiger partial charge on any atom is 0.133 e. The number of benzene rings is 1. The van der Waals surface area contributed by atoms with Crippen molar-refractivity contribution in [3.63, 3.8) is 0 Å². The van der Waals surface area contributed by atoms with Crippen LogP contribution in [0.2, 0.25) is 5.02 Å². The van der Waals surface area contributed by atoms with E-state index in [1.54, 1.807) is 0 Å². The van der Waals surface area contributed by atoms with Gasteiger partial charge in [-0.15, -0.1) is 0 Å². The maximum absolute atomic E-state index is 12.8. The van der Waals surface area contributed by atoms with Gasteiger partial charge in [0.05, 0.1) is 11.2 Å². The Morgan fingerprint density at radius 1 is 1.38 bits per heavy atom. The van der Waals surface area contributed by atoms with Gasteiger partial charge >= 0.3 is 0 Å². The Labute approximate surface area is 97.3 Å². The fraction of sp³-hybridized carbons (Fsp3) is 0.200. The van der Waals surface area contributed by atoms with Crippen molar-refractivity contribution in [3.8, 4) is 0 Å². The zero-order valence-electron chi connectivity index (χ0n) is 8.78. The molecular formula is C10H10ClFN2O2. The predicted molar refractivity (Wildman–Crippen MR) is 60.5 cm³/mol. The van der Waals surface area contributed by atoms with Crippen LogP contribution in [0.15, 0.2) is 28.5 Å². The van der Waals surface area contributed by atoms with E-state index in [2.05, 4.69) is 20.0 Å². The minimum absolute atomic E-state index is 0.221. The van der Waals surface area contributed by atoms with Crippen molar-refractivity contribution in [2.75, 3.05) is 14.2 Å². The normalized spacial score (nSPS) is 11.9. The quantitative estimate of drug-likeness (QED) is 0.603. The summed E-state index contributed by atoms with van der Waals surface area (Å²) in [7, 11) is 2.78. The third-order valence-electron chi connectivity index (χ3n) is 1.68. The van der Waals surface area contributed by atoms with Crippen LogP contribution < -0.4 is 0 Å². The first-order chi connectivity index (χ1) is 7.69. The molecule has 1 aromatic carbocycles. The van der Waals surface area contributed by atoms with E-state index < -0.39 is 5.82 Å². The lowest BCUT2D eigenvalue weighted by Gasteiger charge is -2.02. The van der Waals surface area contributed by atoms with E-state index in [0.29, 0.717) is 11.3 Å². The van der Waals surface area contributed by atoms with E-state index in [9.17, 15) is 4.39 Å². The molecule has 1 rings (SSSR count). The van der Waals surface area contributed by atoms with Gasteiger partial charge in [-0.3, -0.25) is 0 Å². The van der Waals surface area contributed by atoms with Gasteiger partial charge in [-0.1, -0.05) is 21.9 Å². The Bertz CT molecular complexity index is 421. The average molecular weight is 245 g/mol. The van der Waals surface area contributed by atoms with Gasteiger partial charge in [0.15, 0.2) is 0 Å². The molecule has 4 nitrogen and oxygen atoms in total. The van der Waals surface area contributed by atoms with Crippen molar-refractivity contribution in [3.05, 3.63) is 34.6 Å². The van der Waals surface area contributed by atoms with Gasteiger partial charge in [0, 0.05) is 5.56 Å². The molecule has 0 bridgehead atoms. The summed E-state index contributed by atoms with van der Waals surface area (Å²) in [5.41, 5.74) is 0.847. The topological polar surface area (TPSA) is 43.2 Å². The van der Waals surface area contributed by atoms with Crippen LogP contribution in [0, 0.1) is 5.82 Å². The number of hydrogen-bond acceptors (Lipinski definition) is 4. The smallest absolute Gasteiger partial charge is 0.133 e. The zero-order valence-corrected chi connectivity index (χ0v) is 9.53. The number of hydrogen-bond donors (Lipinski definition) is 0. The van der Waals surface area contributed by atoms with Gasteiger partial charge in [-0.25, -0.2) is 4.39 Å². The molecular weight excluding hydrogens is 235 g/mol. The van der Waals surface area contributed by atoms with Gasteiger partial charge < -0.3 is 9.68 Å². The molecule has 86 valence electrons. The third kappa shape index (κ3) is 3.20. The highest BCUT2D eigenvalue weighted by molar-refractivity contribution is 6.43. The monoisotopic (exact) mass is 244 g/mol. The summed E-state index contributed by atoms with van der Waals surface area (Å²) >= 11 is 5.86. The van der Waals surface area contributed by atoms with E-state index >= 15 is 0 Å². The van der Waals surface area contributed by atoms with Crippen LogP contribution in [0.5, 0.6) is 0 Å². The largest absolute Gasteiger partial charge is 0.399 e. The van der Waals surface area contributed by atoms with Crippen LogP contribution in [0.25, 0.3) is 0 Å². The first-order valence-corrected chi connectivity index (χ1v) is 4.70. The number of nitrogens with zero attached hydrogens (tertiary/aromatic N) is 2. The van der Waals surface area contributed by atoms with Crippen molar-refractivity contribution >= 4 is 23.5 Å². The van der Waals surface area contributed by atoms with Crippen molar-refractivity contribution in [2.45, 2.75) is 0 Å². The lowest BCUT2D eigenvalue weighted by atomic mass is 10.1.